The largest absolute Gasteiger partial charge is 0.411 e. The number of hydrogen-bond acceptors (Lipinski definition) is 1. The Morgan fingerprint density at radius 3 is 1.48 bits per heavy atom. The highest BCUT2D eigenvalue weighted by Crippen LogP contribution is 2.43. The molecule has 0 bridgehead atoms. The van der Waals surface area contributed by atoms with Crippen molar-refractivity contribution in [1.82, 2.24) is 0 Å². The maximum absolute atomic E-state index is 6.50. The summed E-state index contributed by atoms with van der Waals surface area (Å²) in [5.41, 5.74) is 5.23. The fourth-order valence-electron chi connectivity index (χ4n) is 3.83. The SMILES string of the molecule is [SiH3]OC(c1ccccc1)(c1ccccc1)c1ccccc1-c1ccccc1. The number of benzene rings is 4. The average Bonchev–Trinajstić information content (AvgIpc) is 2.77. The molecule has 4 rings (SSSR count). The molecule has 0 saturated heterocycles. The predicted molar refractivity (Wildman–Crippen MR) is 116 cm³/mol. The molecule has 0 fully saturated rings. The first-order valence-electron chi connectivity index (χ1n) is 9.17. The van der Waals surface area contributed by atoms with E-state index >= 15 is 0 Å². The van der Waals surface area contributed by atoms with Gasteiger partial charge in [-0.05, 0) is 27.8 Å². The zero-order valence-corrected chi connectivity index (χ0v) is 17.4. The van der Waals surface area contributed by atoms with E-state index in [0.717, 1.165) is 11.1 Å². The summed E-state index contributed by atoms with van der Waals surface area (Å²) in [6.45, 7) is 0. The van der Waals surface area contributed by atoms with E-state index in [1.165, 1.54) is 16.7 Å². The Balaban J connectivity index is 2.05. The van der Waals surface area contributed by atoms with Crippen molar-refractivity contribution in [2.24, 2.45) is 0 Å². The van der Waals surface area contributed by atoms with Crippen molar-refractivity contribution >= 4 is 10.5 Å². The van der Waals surface area contributed by atoms with Gasteiger partial charge in [0.1, 0.15) is 16.1 Å². The van der Waals surface area contributed by atoms with Crippen molar-refractivity contribution in [3.63, 3.8) is 0 Å². The molecule has 0 unspecified atom stereocenters. The van der Waals surface area contributed by atoms with E-state index in [0.29, 0.717) is 10.5 Å². The van der Waals surface area contributed by atoms with Crippen LogP contribution in [0.25, 0.3) is 11.1 Å². The Labute approximate surface area is 163 Å². The van der Waals surface area contributed by atoms with Gasteiger partial charge in [-0.2, -0.15) is 0 Å². The molecule has 2 heteroatoms. The third kappa shape index (κ3) is 3.14. The van der Waals surface area contributed by atoms with E-state index in [4.69, 9.17) is 4.43 Å². The minimum Gasteiger partial charge on any atom is -0.411 e. The average molecular weight is 367 g/mol. The summed E-state index contributed by atoms with van der Waals surface area (Å²) < 4.78 is 6.50. The molecule has 132 valence electrons. The maximum Gasteiger partial charge on any atom is 0.148 e. The molecule has 1 nitrogen and oxygen atoms in total. The smallest absolute Gasteiger partial charge is 0.148 e. The summed E-state index contributed by atoms with van der Waals surface area (Å²) in [7, 11) is 0.611. The highest BCUT2D eigenvalue weighted by atomic mass is 28.2. The molecule has 0 aliphatic heterocycles. The molecular weight excluding hydrogens is 344 g/mol. The van der Waals surface area contributed by atoms with Gasteiger partial charge in [-0.1, -0.05) is 115 Å². The molecule has 27 heavy (non-hydrogen) atoms. The normalized spacial score (nSPS) is 11.4. The lowest BCUT2D eigenvalue weighted by molar-refractivity contribution is 0.174. The fraction of sp³-hybridized carbons (Fsp3) is 0.0400. The van der Waals surface area contributed by atoms with Gasteiger partial charge in [0.05, 0.1) is 0 Å². The topological polar surface area (TPSA) is 9.23 Å². The Hall–Kier alpha value is -2.94. The Morgan fingerprint density at radius 1 is 0.519 bits per heavy atom. The van der Waals surface area contributed by atoms with Crippen LogP contribution in [0.15, 0.2) is 115 Å². The van der Waals surface area contributed by atoms with Gasteiger partial charge < -0.3 is 4.43 Å². The number of hydrogen-bond donors (Lipinski definition) is 0. The van der Waals surface area contributed by atoms with E-state index in [2.05, 4.69) is 115 Å². The molecule has 0 spiro atoms. The third-order valence-corrected chi connectivity index (χ3v) is 5.67. The first-order chi connectivity index (χ1) is 13.4. The van der Waals surface area contributed by atoms with Gasteiger partial charge in [-0.25, -0.2) is 0 Å². The van der Waals surface area contributed by atoms with Gasteiger partial charge in [-0.15, -0.1) is 0 Å². The Bertz CT molecular complexity index is 958. The second-order valence-corrected chi connectivity index (χ2v) is 6.94. The van der Waals surface area contributed by atoms with Crippen molar-refractivity contribution in [1.29, 1.82) is 0 Å². The summed E-state index contributed by atoms with van der Waals surface area (Å²) >= 11 is 0. The lowest BCUT2D eigenvalue weighted by atomic mass is 9.77. The Morgan fingerprint density at radius 2 is 0.963 bits per heavy atom. The van der Waals surface area contributed by atoms with E-state index in [1.807, 2.05) is 0 Å². The van der Waals surface area contributed by atoms with Crippen LogP contribution in [-0.2, 0) is 10.0 Å². The lowest BCUT2D eigenvalue weighted by Crippen LogP contribution is -2.32. The Kier molecular flexibility index (Phi) is 5.01. The summed E-state index contributed by atoms with van der Waals surface area (Å²) in [5, 5.41) is 0. The molecular formula is C25H22OSi. The third-order valence-electron chi connectivity index (χ3n) is 5.06. The second-order valence-electron chi connectivity index (χ2n) is 6.53. The monoisotopic (exact) mass is 366 g/mol. The van der Waals surface area contributed by atoms with Crippen molar-refractivity contribution in [2.75, 3.05) is 0 Å². The van der Waals surface area contributed by atoms with Crippen molar-refractivity contribution in [3.8, 4) is 11.1 Å². The molecule has 0 atom stereocenters. The fourth-order valence-corrected chi connectivity index (χ4v) is 4.52. The second kappa shape index (κ2) is 7.75. The molecule has 0 aliphatic rings. The molecule has 0 N–H and O–H groups in total. The summed E-state index contributed by atoms with van der Waals surface area (Å²) in [6, 6.07) is 40.2. The van der Waals surface area contributed by atoms with E-state index in [1.54, 1.807) is 0 Å². The van der Waals surface area contributed by atoms with Gasteiger partial charge in [0.2, 0.25) is 0 Å². The quantitative estimate of drug-likeness (QED) is 0.359. The van der Waals surface area contributed by atoms with Gasteiger partial charge in [0.25, 0.3) is 0 Å². The summed E-state index contributed by atoms with van der Waals surface area (Å²) in [6.07, 6.45) is 0. The van der Waals surface area contributed by atoms with Crippen LogP contribution >= 0.6 is 0 Å². The van der Waals surface area contributed by atoms with Crippen molar-refractivity contribution in [3.05, 3.63) is 132 Å². The molecule has 0 heterocycles. The lowest BCUT2D eigenvalue weighted by Gasteiger charge is -2.36. The minimum absolute atomic E-state index is 0.611. The molecule has 0 amide bonds. The van der Waals surface area contributed by atoms with Gasteiger partial charge in [0.15, 0.2) is 0 Å². The van der Waals surface area contributed by atoms with Crippen molar-refractivity contribution in [2.45, 2.75) is 5.60 Å². The first-order valence-corrected chi connectivity index (χ1v) is 9.99. The molecule has 0 saturated carbocycles. The highest BCUT2D eigenvalue weighted by Gasteiger charge is 2.37. The number of rotatable bonds is 5. The molecule has 0 radical (unpaired) electrons. The minimum atomic E-state index is -0.624. The standard InChI is InChI=1S/C25H22OSi/c27-26-25(21-14-6-2-7-15-21,22-16-8-3-9-17-22)24-19-11-10-18-23(24)20-12-4-1-5-13-20/h1-19H,27H3. The first kappa shape index (κ1) is 17.5. The summed E-state index contributed by atoms with van der Waals surface area (Å²) in [4.78, 5) is 0. The van der Waals surface area contributed by atoms with Crippen LogP contribution in [-0.4, -0.2) is 10.5 Å². The highest BCUT2D eigenvalue weighted by molar-refractivity contribution is 5.99. The zero-order chi connectivity index (χ0) is 18.5. The van der Waals surface area contributed by atoms with Crippen molar-refractivity contribution < 1.29 is 4.43 Å². The van der Waals surface area contributed by atoms with Crippen LogP contribution in [0.5, 0.6) is 0 Å². The van der Waals surface area contributed by atoms with Crippen LogP contribution in [0.2, 0.25) is 0 Å². The zero-order valence-electron chi connectivity index (χ0n) is 15.4. The molecule has 0 aromatic heterocycles. The van der Waals surface area contributed by atoms with Crippen LogP contribution in [0.1, 0.15) is 16.7 Å². The van der Waals surface area contributed by atoms with Gasteiger partial charge in [-0.3, -0.25) is 0 Å². The van der Waals surface area contributed by atoms with Crippen LogP contribution in [0.4, 0.5) is 0 Å². The van der Waals surface area contributed by atoms with Crippen LogP contribution in [0, 0.1) is 0 Å². The van der Waals surface area contributed by atoms with Crippen LogP contribution < -0.4 is 0 Å². The van der Waals surface area contributed by atoms with E-state index in [9.17, 15) is 0 Å². The van der Waals surface area contributed by atoms with Gasteiger partial charge >= 0.3 is 0 Å². The predicted octanol–water partition coefficient (Wildman–Crippen LogP) is 4.94. The van der Waals surface area contributed by atoms with E-state index < -0.39 is 5.60 Å². The maximum atomic E-state index is 6.50. The molecule has 0 aliphatic carbocycles. The van der Waals surface area contributed by atoms with E-state index in [-0.39, 0.29) is 0 Å². The van der Waals surface area contributed by atoms with Crippen LogP contribution in [0.3, 0.4) is 0 Å². The van der Waals surface area contributed by atoms with Gasteiger partial charge in [0, 0.05) is 0 Å². The molecule has 4 aromatic rings. The molecule has 4 aromatic carbocycles. The summed E-state index contributed by atoms with van der Waals surface area (Å²) in [5.74, 6) is 0.